The van der Waals surface area contributed by atoms with E-state index in [0.717, 1.165) is 21.7 Å². The first-order valence-electron chi connectivity index (χ1n) is 8.12. The average Bonchev–Trinajstić information content (AvgIpc) is 2.55. The Balaban J connectivity index is 2.20. The molecular weight excluding hydrogens is 372 g/mol. The number of amides is 1. The molecule has 2 aromatic rings. The normalized spacial score (nSPS) is 12.5. The zero-order chi connectivity index (χ0) is 19.6. The molecule has 0 fully saturated rings. The summed E-state index contributed by atoms with van der Waals surface area (Å²) in [7, 11) is -1.96. The molecule has 0 aliphatic rings. The molecule has 0 saturated carbocycles. The zero-order valence-electron chi connectivity index (χ0n) is 15.5. The molecule has 0 aliphatic carbocycles. The highest BCUT2D eigenvalue weighted by atomic mass is 35.5. The number of halogens is 1. The van der Waals surface area contributed by atoms with E-state index < -0.39 is 10.0 Å². The van der Waals surface area contributed by atoms with Crippen LogP contribution < -0.4 is 9.62 Å². The van der Waals surface area contributed by atoms with E-state index in [4.69, 9.17) is 11.6 Å². The molecule has 140 valence electrons. The molecule has 0 aliphatic heterocycles. The topological polar surface area (TPSA) is 66.5 Å². The zero-order valence-corrected chi connectivity index (χ0v) is 17.1. The van der Waals surface area contributed by atoms with Gasteiger partial charge in [0.25, 0.3) is 5.91 Å². The number of anilines is 1. The maximum atomic E-state index is 12.6. The fourth-order valence-corrected chi connectivity index (χ4v) is 3.22. The standard InChI is InChI=1S/C19H23ClN2O3S/c1-12-6-7-15(10-13(12)2)14(3)21-19(23)17-9-8-16(11-18(17)20)22(4)26(5,24)25/h6-11,14H,1-5H3,(H,21,23)/t14-/m1/s1. The van der Waals surface area contributed by atoms with Crippen LogP contribution in [0.25, 0.3) is 0 Å². The largest absolute Gasteiger partial charge is 0.345 e. The maximum Gasteiger partial charge on any atom is 0.253 e. The first-order valence-corrected chi connectivity index (χ1v) is 10.3. The second-order valence-corrected chi connectivity index (χ2v) is 8.85. The fraction of sp³-hybridized carbons (Fsp3) is 0.316. The third-order valence-electron chi connectivity index (χ3n) is 4.44. The van der Waals surface area contributed by atoms with Gasteiger partial charge in [-0.2, -0.15) is 0 Å². The van der Waals surface area contributed by atoms with Gasteiger partial charge in [0.2, 0.25) is 10.0 Å². The van der Waals surface area contributed by atoms with Crippen LogP contribution >= 0.6 is 11.6 Å². The molecule has 1 amide bonds. The number of carbonyl (C=O) groups excluding carboxylic acids is 1. The van der Waals surface area contributed by atoms with E-state index in [0.29, 0.717) is 11.3 Å². The van der Waals surface area contributed by atoms with Gasteiger partial charge >= 0.3 is 0 Å². The van der Waals surface area contributed by atoms with Crippen LogP contribution in [0.4, 0.5) is 5.69 Å². The minimum Gasteiger partial charge on any atom is -0.345 e. The second-order valence-electron chi connectivity index (χ2n) is 6.43. The highest BCUT2D eigenvalue weighted by Crippen LogP contribution is 2.25. The minimum absolute atomic E-state index is 0.184. The molecule has 0 saturated heterocycles. The lowest BCUT2D eigenvalue weighted by atomic mass is 10.0. The predicted molar refractivity (Wildman–Crippen MR) is 106 cm³/mol. The SMILES string of the molecule is Cc1ccc([C@@H](C)NC(=O)c2ccc(N(C)S(C)(=O)=O)cc2Cl)cc1C. The van der Waals surface area contributed by atoms with E-state index in [1.807, 2.05) is 39.0 Å². The van der Waals surface area contributed by atoms with Crippen molar-refractivity contribution in [2.45, 2.75) is 26.8 Å². The number of nitrogens with zero attached hydrogens (tertiary/aromatic N) is 1. The highest BCUT2D eigenvalue weighted by molar-refractivity contribution is 7.92. The molecule has 2 aromatic carbocycles. The lowest BCUT2D eigenvalue weighted by Crippen LogP contribution is -2.27. The summed E-state index contributed by atoms with van der Waals surface area (Å²) in [6, 6.07) is 10.4. The summed E-state index contributed by atoms with van der Waals surface area (Å²) in [4.78, 5) is 12.6. The van der Waals surface area contributed by atoms with Gasteiger partial charge < -0.3 is 5.32 Å². The Hall–Kier alpha value is -2.05. The van der Waals surface area contributed by atoms with Crippen LogP contribution in [0.2, 0.25) is 5.02 Å². The molecule has 0 aromatic heterocycles. The lowest BCUT2D eigenvalue weighted by molar-refractivity contribution is 0.0940. The van der Waals surface area contributed by atoms with Gasteiger partial charge in [-0.15, -0.1) is 0 Å². The monoisotopic (exact) mass is 394 g/mol. The quantitative estimate of drug-likeness (QED) is 0.837. The first kappa shape index (κ1) is 20.3. The Morgan fingerprint density at radius 2 is 1.77 bits per heavy atom. The number of nitrogens with one attached hydrogen (secondary N) is 1. The summed E-state index contributed by atoms with van der Waals surface area (Å²) in [6.07, 6.45) is 1.10. The third kappa shape index (κ3) is 4.56. The summed E-state index contributed by atoms with van der Waals surface area (Å²) < 4.78 is 24.3. The maximum absolute atomic E-state index is 12.6. The van der Waals surface area contributed by atoms with Crippen LogP contribution in [-0.4, -0.2) is 27.6 Å². The Bertz CT molecular complexity index is 942. The molecule has 1 N–H and O–H groups in total. The van der Waals surface area contributed by atoms with Crippen LogP contribution in [0.5, 0.6) is 0 Å². The summed E-state index contributed by atoms with van der Waals surface area (Å²) >= 11 is 6.21. The second kappa shape index (κ2) is 7.68. The molecule has 0 spiro atoms. The summed E-state index contributed by atoms with van der Waals surface area (Å²) in [6.45, 7) is 5.97. The van der Waals surface area contributed by atoms with Crippen molar-refractivity contribution in [1.82, 2.24) is 5.32 Å². The van der Waals surface area contributed by atoms with E-state index in [1.54, 1.807) is 6.07 Å². The number of benzene rings is 2. The van der Waals surface area contributed by atoms with Crippen LogP contribution in [0, 0.1) is 13.8 Å². The van der Waals surface area contributed by atoms with E-state index >= 15 is 0 Å². The van der Waals surface area contributed by atoms with E-state index in [2.05, 4.69) is 5.32 Å². The van der Waals surface area contributed by atoms with Gasteiger partial charge in [-0.3, -0.25) is 9.10 Å². The van der Waals surface area contributed by atoms with Gasteiger partial charge in [0.15, 0.2) is 0 Å². The van der Waals surface area contributed by atoms with Crippen molar-refractivity contribution in [3.8, 4) is 0 Å². The van der Waals surface area contributed by atoms with Gasteiger partial charge in [-0.05, 0) is 55.7 Å². The summed E-state index contributed by atoms with van der Waals surface area (Å²) in [5, 5.41) is 3.12. The van der Waals surface area contributed by atoms with Gasteiger partial charge in [0, 0.05) is 7.05 Å². The molecule has 0 unspecified atom stereocenters. The predicted octanol–water partition coefficient (Wildman–Crippen LogP) is 3.84. The number of hydrogen-bond acceptors (Lipinski definition) is 3. The molecule has 0 radical (unpaired) electrons. The van der Waals surface area contributed by atoms with Crippen molar-refractivity contribution in [3.05, 3.63) is 63.7 Å². The fourth-order valence-electron chi connectivity index (χ4n) is 2.47. The molecule has 0 heterocycles. The summed E-state index contributed by atoms with van der Waals surface area (Å²) in [5.74, 6) is -0.311. The van der Waals surface area contributed by atoms with Crippen molar-refractivity contribution in [3.63, 3.8) is 0 Å². The van der Waals surface area contributed by atoms with Crippen LogP contribution in [-0.2, 0) is 10.0 Å². The van der Waals surface area contributed by atoms with Crippen molar-refractivity contribution in [2.24, 2.45) is 0 Å². The molecule has 7 heteroatoms. The van der Waals surface area contributed by atoms with E-state index in [9.17, 15) is 13.2 Å². The van der Waals surface area contributed by atoms with Crippen molar-refractivity contribution >= 4 is 33.2 Å². The van der Waals surface area contributed by atoms with Crippen molar-refractivity contribution < 1.29 is 13.2 Å². The molecule has 2 rings (SSSR count). The number of aryl methyl sites for hydroxylation is 2. The molecule has 1 atom stereocenters. The van der Waals surface area contributed by atoms with Gasteiger partial charge in [0.1, 0.15) is 0 Å². The van der Waals surface area contributed by atoms with Gasteiger partial charge in [0.05, 0.1) is 28.6 Å². The number of sulfonamides is 1. The van der Waals surface area contributed by atoms with E-state index in [-0.39, 0.29) is 17.0 Å². The first-order chi connectivity index (χ1) is 12.0. The molecule has 5 nitrogen and oxygen atoms in total. The molecule has 0 bridgehead atoms. The van der Waals surface area contributed by atoms with Crippen molar-refractivity contribution in [2.75, 3.05) is 17.6 Å². The Morgan fingerprint density at radius 1 is 1.12 bits per heavy atom. The number of carbonyl (C=O) groups is 1. The average molecular weight is 395 g/mol. The van der Waals surface area contributed by atoms with Gasteiger partial charge in [-0.1, -0.05) is 29.8 Å². The Morgan fingerprint density at radius 3 is 2.31 bits per heavy atom. The smallest absolute Gasteiger partial charge is 0.253 e. The Kier molecular flexibility index (Phi) is 5.98. The van der Waals surface area contributed by atoms with Crippen LogP contribution in [0.15, 0.2) is 36.4 Å². The highest BCUT2D eigenvalue weighted by Gasteiger charge is 2.18. The Labute approximate surface area is 160 Å². The van der Waals surface area contributed by atoms with Crippen molar-refractivity contribution in [1.29, 1.82) is 0 Å². The molecule has 26 heavy (non-hydrogen) atoms. The summed E-state index contributed by atoms with van der Waals surface area (Å²) in [5.41, 5.74) is 4.06. The molecular formula is C19H23ClN2O3S. The lowest BCUT2D eigenvalue weighted by Gasteiger charge is -2.19. The van der Waals surface area contributed by atoms with Crippen LogP contribution in [0.1, 0.15) is 40.0 Å². The van der Waals surface area contributed by atoms with Crippen LogP contribution in [0.3, 0.4) is 0 Å². The third-order valence-corrected chi connectivity index (χ3v) is 5.96. The van der Waals surface area contributed by atoms with Gasteiger partial charge in [-0.25, -0.2) is 8.42 Å². The number of rotatable bonds is 5. The minimum atomic E-state index is -3.39. The number of hydrogen-bond donors (Lipinski definition) is 1. The van der Waals surface area contributed by atoms with E-state index in [1.165, 1.54) is 24.7 Å².